The molecule has 0 aromatic carbocycles. The van der Waals surface area contributed by atoms with E-state index in [9.17, 15) is 9.59 Å². The average molecular weight is 374 g/mol. The molecular formula is C20H31N5O2. The molecule has 0 radical (unpaired) electrons. The summed E-state index contributed by atoms with van der Waals surface area (Å²) >= 11 is 0. The van der Waals surface area contributed by atoms with Crippen molar-refractivity contribution in [2.75, 3.05) is 19.6 Å². The molecule has 7 nitrogen and oxygen atoms in total. The van der Waals surface area contributed by atoms with Gasteiger partial charge in [0, 0.05) is 25.8 Å². The van der Waals surface area contributed by atoms with Crippen LogP contribution in [0, 0.1) is 11.8 Å². The zero-order valence-corrected chi connectivity index (χ0v) is 16.3. The van der Waals surface area contributed by atoms with Gasteiger partial charge in [0.2, 0.25) is 11.8 Å². The van der Waals surface area contributed by atoms with E-state index < -0.39 is 0 Å². The molecule has 2 amide bonds. The molecule has 0 aliphatic carbocycles. The number of carbonyl (C=O) groups is 2. The van der Waals surface area contributed by atoms with Crippen molar-refractivity contribution in [2.45, 2.75) is 51.6 Å². The van der Waals surface area contributed by atoms with Gasteiger partial charge in [-0.1, -0.05) is 19.9 Å². The molecule has 3 heterocycles. The van der Waals surface area contributed by atoms with E-state index in [1.165, 1.54) is 0 Å². The molecular weight excluding hydrogens is 342 g/mol. The maximum Gasteiger partial charge on any atom is 0.241 e. The van der Waals surface area contributed by atoms with Gasteiger partial charge in [-0.05, 0) is 43.7 Å². The van der Waals surface area contributed by atoms with E-state index in [-0.39, 0.29) is 29.8 Å². The highest BCUT2D eigenvalue weighted by Crippen LogP contribution is 2.23. The average Bonchev–Trinajstić information content (AvgIpc) is 3.18. The van der Waals surface area contributed by atoms with E-state index in [1.54, 1.807) is 6.20 Å². The van der Waals surface area contributed by atoms with E-state index in [2.05, 4.69) is 35.0 Å². The van der Waals surface area contributed by atoms with Gasteiger partial charge in [0.15, 0.2) is 0 Å². The van der Waals surface area contributed by atoms with Crippen molar-refractivity contribution in [2.24, 2.45) is 11.8 Å². The number of hydrogen-bond donors (Lipinski definition) is 3. The molecule has 3 unspecified atom stereocenters. The fraction of sp³-hybridized carbons (Fsp3) is 0.650. The van der Waals surface area contributed by atoms with Crippen LogP contribution in [-0.2, 0) is 9.59 Å². The Balaban J connectivity index is 1.50. The number of piperidine rings is 1. The molecule has 27 heavy (non-hydrogen) atoms. The molecule has 2 fully saturated rings. The van der Waals surface area contributed by atoms with Crippen molar-refractivity contribution in [3.05, 3.63) is 30.1 Å². The largest absolute Gasteiger partial charge is 0.356 e. The van der Waals surface area contributed by atoms with Crippen molar-refractivity contribution in [3.8, 4) is 0 Å². The fourth-order valence-corrected chi connectivity index (χ4v) is 3.73. The molecule has 3 atom stereocenters. The second-order valence-electron chi connectivity index (χ2n) is 7.98. The van der Waals surface area contributed by atoms with Crippen LogP contribution in [0.5, 0.6) is 0 Å². The fourth-order valence-electron chi connectivity index (χ4n) is 3.73. The van der Waals surface area contributed by atoms with Crippen molar-refractivity contribution in [1.82, 2.24) is 26.1 Å². The van der Waals surface area contributed by atoms with E-state index >= 15 is 0 Å². The van der Waals surface area contributed by atoms with Gasteiger partial charge < -0.3 is 10.2 Å². The first-order chi connectivity index (χ1) is 13.0. The van der Waals surface area contributed by atoms with Crippen LogP contribution in [0.2, 0.25) is 0 Å². The van der Waals surface area contributed by atoms with Gasteiger partial charge in [0.05, 0.1) is 17.7 Å². The molecule has 0 saturated carbocycles. The highest BCUT2D eigenvalue weighted by molar-refractivity contribution is 5.84. The number of amides is 2. The second kappa shape index (κ2) is 9.28. The molecule has 2 aliphatic rings. The summed E-state index contributed by atoms with van der Waals surface area (Å²) in [5, 5.41) is 3.03. The predicted molar refractivity (Wildman–Crippen MR) is 103 cm³/mol. The molecule has 148 valence electrons. The van der Waals surface area contributed by atoms with Gasteiger partial charge in [0.25, 0.3) is 0 Å². The first kappa shape index (κ1) is 19.8. The minimum atomic E-state index is -0.278. The Morgan fingerprint density at radius 1 is 1.33 bits per heavy atom. The first-order valence-electron chi connectivity index (χ1n) is 10.0. The van der Waals surface area contributed by atoms with E-state index in [0.717, 1.165) is 31.5 Å². The quantitative estimate of drug-likeness (QED) is 0.702. The third-order valence-corrected chi connectivity index (χ3v) is 5.37. The molecule has 0 spiro atoms. The van der Waals surface area contributed by atoms with Gasteiger partial charge in [-0.25, -0.2) is 10.9 Å². The second-order valence-corrected chi connectivity index (χ2v) is 7.98. The zero-order chi connectivity index (χ0) is 19.2. The summed E-state index contributed by atoms with van der Waals surface area (Å²) < 4.78 is 0. The topological polar surface area (TPSA) is 86.4 Å². The molecule has 7 heteroatoms. The van der Waals surface area contributed by atoms with Crippen LogP contribution in [0.25, 0.3) is 0 Å². The number of nitrogens with zero attached hydrogens (tertiary/aromatic N) is 2. The number of rotatable bonds is 6. The number of hydrogen-bond acceptors (Lipinski definition) is 5. The lowest BCUT2D eigenvalue weighted by atomic mass is 9.95. The van der Waals surface area contributed by atoms with Crippen molar-refractivity contribution in [1.29, 1.82) is 0 Å². The molecule has 3 N–H and O–H groups in total. The molecule has 2 saturated heterocycles. The number of likely N-dealkylation sites (tertiary alicyclic amines) is 1. The van der Waals surface area contributed by atoms with Crippen LogP contribution in [0.4, 0.5) is 0 Å². The minimum Gasteiger partial charge on any atom is -0.356 e. The summed E-state index contributed by atoms with van der Waals surface area (Å²) in [6.45, 7) is 6.24. The molecule has 2 aliphatic heterocycles. The van der Waals surface area contributed by atoms with E-state index in [1.807, 2.05) is 23.1 Å². The van der Waals surface area contributed by atoms with Crippen LogP contribution in [0.3, 0.4) is 0 Å². The van der Waals surface area contributed by atoms with Gasteiger partial charge in [-0.2, -0.15) is 0 Å². The van der Waals surface area contributed by atoms with Crippen LogP contribution >= 0.6 is 0 Å². The van der Waals surface area contributed by atoms with Gasteiger partial charge in [0.1, 0.15) is 6.04 Å². The number of hydrazine groups is 1. The summed E-state index contributed by atoms with van der Waals surface area (Å²) in [7, 11) is 0. The van der Waals surface area contributed by atoms with Crippen LogP contribution in [0.1, 0.15) is 51.3 Å². The first-order valence-corrected chi connectivity index (χ1v) is 10.0. The Morgan fingerprint density at radius 2 is 2.19 bits per heavy atom. The normalized spacial score (nSPS) is 25.6. The summed E-state index contributed by atoms with van der Waals surface area (Å²) in [5.41, 5.74) is 7.22. The van der Waals surface area contributed by atoms with Gasteiger partial charge >= 0.3 is 0 Å². The number of pyridine rings is 1. The van der Waals surface area contributed by atoms with Crippen LogP contribution in [0.15, 0.2) is 24.4 Å². The van der Waals surface area contributed by atoms with Crippen LogP contribution < -0.4 is 16.2 Å². The third kappa shape index (κ3) is 5.26. The summed E-state index contributed by atoms with van der Waals surface area (Å²) in [5.74, 6) is 0.621. The Labute approximate surface area is 161 Å². The van der Waals surface area contributed by atoms with Gasteiger partial charge in [-0.15, -0.1) is 0 Å². The molecule has 1 aromatic rings. The lowest BCUT2D eigenvalue weighted by molar-refractivity contribution is -0.137. The number of nitrogens with one attached hydrogen (secondary N) is 3. The predicted octanol–water partition coefficient (Wildman–Crippen LogP) is 1.39. The van der Waals surface area contributed by atoms with Gasteiger partial charge in [-0.3, -0.25) is 14.6 Å². The Hall–Kier alpha value is -1.99. The van der Waals surface area contributed by atoms with E-state index in [4.69, 9.17) is 0 Å². The number of carbonyl (C=O) groups excluding carboxylic acids is 2. The van der Waals surface area contributed by atoms with Crippen molar-refractivity contribution < 1.29 is 9.59 Å². The zero-order valence-electron chi connectivity index (χ0n) is 16.3. The SMILES string of the molecule is CC(C)CCNC(=O)C1CCCN(C(=O)C2CC(c3ccccn3)NN2)C1. The molecule has 3 rings (SSSR count). The summed E-state index contributed by atoms with van der Waals surface area (Å²) in [6, 6.07) is 5.55. The summed E-state index contributed by atoms with van der Waals surface area (Å²) in [6.07, 6.45) is 5.13. The lowest BCUT2D eigenvalue weighted by Crippen LogP contribution is -2.51. The highest BCUT2D eigenvalue weighted by Gasteiger charge is 2.36. The van der Waals surface area contributed by atoms with E-state index in [0.29, 0.717) is 25.4 Å². The minimum absolute atomic E-state index is 0.0278. The molecule has 1 aromatic heterocycles. The highest BCUT2D eigenvalue weighted by atomic mass is 16.2. The maximum absolute atomic E-state index is 12.9. The number of aromatic nitrogens is 1. The summed E-state index contributed by atoms with van der Waals surface area (Å²) in [4.78, 5) is 31.5. The Morgan fingerprint density at radius 3 is 2.93 bits per heavy atom. The monoisotopic (exact) mass is 373 g/mol. The Bertz CT molecular complexity index is 637. The molecule has 0 bridgehead atoms. The third-order valence-electron chi connectivity index (χ3n) is 5.37. The van der Waals surface area contributed by atoms with Crippen molar-refractivity contribution >= 4 is 11.8 Å². The standard InChI is InChI=1S/C20H31N5O2/c1-14(2)8-10-22-19(26)15-6-5-11-25(13-15)20(27)18-12-17(23-24-18)16-7-3-4-9-21-16/h3-4,7,9,14-15,17-18,23-24H,5-6,8,10-13H2,1-2H3,(H,22,26). The smallest absolute Gasteiger partial charge is 0.241 e. The lowest BCUT2D eigenvalue weighted by Gasteiger charge is -2.33. The Kier molecular flexibility index (Phi) is 6.79. The van der Waals surface area contributed by atoms with Crippen molar-refractivity contribution in [3.63, 3.8) is 0 Å². The van der Waals surface area contributed by atoms with Crippen LogP contribution in [-0.4, -0.2) is 47.4 Å². The maximum atomic E-state index is 12.9.